The quantitative estimate of drug-likeness (QED) is 0.628. The van der Waals surface area contributed by atoms with Gasteiger partial charge in [0, 0.05) is 10.5 Å². The van der Waals surface area contributed by atoms with Crippen LogP contribution in [0, 0.1) is 6.92 Å². The van der Waals surface area contributed by atoms with Gasteiger partial charge in [0.05, 0.1) is 24.0 Å². The average Bonchev–Trinajstić information content (AvgIpc) is 2.77. The van der Waals surface area contributed by atoms with Crippen molar-refractivity contribution in [1.82, 2.24) is 5.32 Å². The SMILES string of the molecule is Cc1ccccc1CN1C(=O)CSc2ccc(C(=O)N[C@@H](C)c3ccccc3)cc21. The van der Waals surface area contributed by atoms with Gasteiger partial charge in [-0.2, -0.15) is 0 Å². The van der Waals surface area contributed by atoms with Crippen molar-refractivity contribution in [3.8, 4) is 0 Å². The van der Waals surface area contributed by atoms with E-state index in [1.54, 1.807) is 4.90 Å². The van der Waals surface area contributed by atoms with Crippen LogP contribution in [0.5, 0.6) is 0 Å². The van der Waals surface area contributed by atoms with Gasteiger partial charge in [-0.1, -0.05) is 54.6 Å². The molecule has 4 nitrogen and oxygen atoms in total. The number of hydrogen-bond acceptors (Lipinski definition) is 3. The first-order valence-electron chi connectivity index (χ1n) is 10.0. The number of rotatable bonds is 5. The monoisotopic (exact) mass is 416 g/mol. The molecule has 1 atom stereocenters. The molecule has 0 saturated heterocycles. The number of fused-ring (bicyclic) bond motifs is 1. The number of nitrogens with zero attached hydrogens (tertiary/aromatic N) is 1. The molecule has 0 fully saturated rings. The summed E-state index contributed by atoms with van der Waals surface area (Å²) in [5.41, 5.74) is 4.67. The molecule has 1 N–H and O–H groups in total. The molecule has 2 amide bonds. The lowest BCUT2D eigenvalue weighted by molar-refractivity contribution is -0.116. The van der Waals surface area contributed by atoms with E-state index in [4.69, 9.17) is 0 Å². The molecule has 152 valence electrons. The normalized spacial score (nSPS) is 14.2. The Bertz CT molecular complexity index is 1080. The minimum atomic E-state index is -0.145. The second-order valence-electron chi connectivity index (χ2n) is 7.48. The number of thioether (sulfide) groups is 1. The minimum absolute atomic E-state index is 0.0611. The van der Waals surface area contributed by atoms with Crippen LogP contribution in [0.2, 0.25) is 0 Å². The molecule has 0 bridgehead atoms. The summed E-state index contributed by atoms with van der Waals surface area (Å²) in [6.07, 6.45) is 0. The molecule has 3 aromatic rings. The lowest BCUT2D eigenvalue weighted by Crippen LogP contribution is -2.35. The molecule has 3 aromatic carbocycles. The summed E-state index contributed by atoms with van der Waals surface area (Å²) < 4.78 is 0. The van der Waals surface area contributed by atoms with Crippen molar-refractivity contribution < 1.29 is 9.59 Å². The van der Waals surface area contributed by atoms with Crippen molar-refractivity contribution in [3.63, 3.8) is 0 Å². The predicted molar refractivity (Wildman–Crippen MR) is 122 cm³/mol. The molecular formula is C25H24N2O2S. The molecule has 5 heteroatoms. The summed E-state index contributed by atoms with van der Waals surface area (Å²) in [7, 11) is 0. The molecule has 1 heterocycles. The van der Waals surface area contributed by atoms with Gasteiger partial charge in [0.25, 0.3) is 5.91 Å². The molecule has 1 aliphatic heterocycles. The van der Waals surface area contributed by atoms with E-state index in [1.807, 2.05) is 86.6 Å². The van der Waals surface area contributed by atoms with Crippen LogP contribution in [0.15, 0.2) is 77.7 Å². The van der Waals surface area contributed by atoms with Gasteiger partial charge < -0.3 is 10.2 Å². The number of amides is 2. The van der Waals surface area contributed by atoms with Crippen LogP contribution in [-0.2, 0) is 11.3 Å². The van der Waals surface area contributed by atoms with Crippen molar-refractivity contribution in [2.45, 2.75) is 31.3 Å². The Balaban J connectivity index is 1.59. The van der Waals surface area contributed by atoms with Gasteiger partial charge in [-0.15, -0.1) is 11.8 Å². The van der Waals surface area contributed by atoms with E-state index in [0.29, 0.717) is 17.9 Å². The third-order valence-electron chi connectivity index (χ3n) is 5.40. The Morgan fingerprint density at radius 3 is 2.57 bits per heavy atom. The molecule has 0 radical (unpaired) electrons. The van der Waals surface area contributed by atoms with Gasteiger partial charge in [0.1, 0.15) is 0 Å². The Kier molecular flexibility index (Phi) is 5.91. The van der Waals surface area contributed by atoms with Crippen LogP contribution in [0.3, 0.4) is 0 Å². The van der Waals surface area contributed by atoms with Gasteiger partial charge in [-0.05, 0) is 48.7 Å². The van der Waals surface area contributed by atoms with Gasteiger partial charge in [0.15, 0.2) is 0 Å². The zero-order valence-electron chi connectivity index (χ0n) is 17.1. The standard InChI is InChI=1S/C25H24N2O2S/c1-17-8-6-7-11-21(17)15-27-22-14-20(12-13-23(22)30-16-24(27)28)25(29)26-18(2)19-9-4-3-5-10-19/h3-14,18H,15-16H2,1-2H3,(H,26,29)/t18-/m0/s1. The fraction of sp³-hybridized carbons (Fsp3) is 0.200. The summed E-state index contributed by atoms with van der Waals surface area (Å²) in [4.78, 5) is 28.4. The molecule has 1 aliphatic rings. The van der Waals surface area contributed by atoms with E-state index in [1.165, 1.54) is 11.8 Å². The molecule has 0 spiro atoms. The van der Waals surface area contributed by atoms with E-state index in [9.17, 15) is 9.59 Å². The smallest absolute Gasteiger partial charge is 0.251 e. The van der Waals surface area contributed by atoms with Crippen LogP contribution < -0.4 is 10.2 Å². The van der Waals surface area contributed by atoms with Gasteiger partial charge in [0.2, 0.25) is 5.91 Å². The first-order valence-corrected chi connectivity index (χ1v) is 11.0. The second-order valence-corrected chi connectivity index (χ2v) is 8.50. The highest BCUT2D eigenvalue weighted by atomic mass is 32.2. The minimum Gasteiger partial charge on any atom is -0.346 e. The largest absolute Gasteiger partial charge is 0.346 e. The lowest BCUT2D eigenvalue weighted by atomic mass is 10.1. The predicted octanol–water partition coefficient (Wildman–Crippen LogP) is 5.12. The van der Waals surface area contributed by atoms with E-state index in [2.05, 4.69) is 5.32 Å². The van der Waals surface area contributed by atoms with Crippen molar-refractivity contribution >= 4 is 29.3 Å². The van der Waals surface area contributed by atoms with Gasteiger partial charge in [-0.3, -0.25) is 9.59 Å². The summed E-state index contributed by atoms with van der Waals surface area (Å²) >= 11 is 1.52. The Morgan fingerprint density at radius 1 is 1.07 bits per heavy atom. The van der Waals surface area contributed by atoms with Gasteiger partial charge in [-0.25, -0.2) is 0 Å². The number of benzene rings is 3. The number of carbonyl (C=O) groups is 2. The Labute approximate surface area is 181 Å². The van der Waals surface area contributed by atoms with E-state index in [-0.39, 0.29) is 17.9 Å². The number of carbonyl (C=O) groups excluding carboxylic acids is 2. The molecule has 0 aliphatic carbocycles. The highest BCUT2D eigenvalue weighted by Crippen LogP contribution is 2.37. The van der Waals surface area contributed by atoms with Crippen molar-refractivity contribution in [1.29, 1.82) is 0 Å². The number of hydrogen-bond donors (Lipinski definition) is 1. The number of anilines is 1. The van der Waals surface area contributed by atoms with Crippen LogP contribution >= 0.6 is 11.8 Å². The lowest BCUT2D eigenvalue weighted by Gasteiger charge is -2.30. The van der Waals surface area contributed by atoms with E-state index >= 15 is 0 Å². The van der Waals surface area contributed by atoms with E-state index in [0.717, 1.165) is 27.3 Å². The van der Waals surface area contributed by atoms with Crippen molar-refractivity contribution in [2.24, 2.45) is 0 Å². The van der Waals surface area contributed by atoms with Crippen molar-refractivity contribution in [3.05, 3.63) is 95.1 Å². The topological polar surface area (TPSA) is 49.4 Å². The summed E-state index contributed by atoms with van der Waals surface area (Å²) in [5, 5.41) is 3.05. The molecule has 0 saturated carbocycles. The molecular weight excluding hydrogens is 392 g/mol. The third-order valence-corrected chi connectivity index (χ3v) is 6.45. The fourth-order valence-electron chi connectivity index (χ4n) is 3.58. The van der Waals surface area contributed by atoms with Crippen LogP contribution in [0.1, 0.15) is 40.0 Å². The third kappa shape index (κ3) is 4.26. The molecule has 4 rings (SSSR count). The zero-order chi connectivity index (χ0) is 21.1. The molecule has 30 heavy (non-hydrogen) atoms. The van der Waals surface area contributed by atoms with Crippen LogP contribution in [0.25, 0.3) is 0 Å². The maximum atomic E-state index is 12.9. The number of aryl methyl sites for hydroxylation is 1. The highest BCUT2D eigenvalue weighted by molar-refractivity contribution is 8.00. The van der Waals surface area contributed by atoms with Gasteiger partial charge >= 0.3 is 0 Å². The summed E-state index contributed by atoms with van der Waals surface area (Å²) in [6, 6.07) is 23.5. The second kappa shape index (κ2) is 8.76. The van der Waals surface area contributed by atoms with E-state index < -0.39 is 0 Å². The van der Waals surface area contributed by atoms with Crippen LogP contribution in [0.4, 0.5) is 5.69 Å². The number of nitrogens with one attached hydrogen (secondary N) is 1. The highest BCUT2D eigenvalue weighted by Gasteiger charge is 2.26. The van der Waals surface area contributed by atoms with Crippen LogP contribution in [-0.4, -0.2) is 17.6 Å². The fourth-order valence-corrected chi connectivity index (χ4v) is 4.50. The molecule has 0 unspecified atom stereocenters. The summed E-state index contributed by atoms with van der Waals surface area (Å²) in [5.74, 6) is 0.328. The maximum absolute atomic E-state index is 12.9. The maximum Gasteiger partial charge on any atom is 0.251 e. The Morgan fingerprint density at radius 2 is 1.80 bits per heavy atom. The van der Waals surface area contributed by atoms with Crippen molar-refractivity contribution in [2.75, 3.05) is 10.7 Å². The first-order chi connectivity index (χ1) is 14.5. The summed E-state index contributed by atoms with van der Waals surface area (Å²) in [6.45, 7) is 4.52. The molecule has 0 aromatic heterocycles. The first kappa shape index (κ1) is 20.2. The zero-order valence-corrected chi connectivity index (χ0v) is 17.9. The Hall–Kier alpha value is -3.05. The average molecular weight is 417 g/mol.